The van der Waals surface area contributed by atoms with E-state index in [0.717, 1.165) is 127 Å². The first-order chi connectivity index (χ1) is 50.6. The van der Waals surface area contributed by atoms with E-state index >= 15 is 0 Å². The summed E-state index contributed by atoms with van der Waals surface area (Å²) < 4.78 is 91.4. The summed E-state index contributed by atoms with van der Waals surface area (Å²) in [7, 11) is -9.63. The van der Waals surface area contributed by atoms with Crippen molar-refractivity contribution in [1.82, 2.24) is 0 Å². The largest absolute Gasteiger partial charge is 2.00 e. The first-order valence-corrected chi connectivity index (χ1v) is 44.9. The van der Waals surface area contributed by atoms with Crippen molar-refractivity contribution in [3.8, 4) is 0 Å². The molecule has 0 bridgehead atoms. The number of benzene rings is 2. The molecule has 0 aliphatic heterocycles. The molecule has 0 fully saturated rings. The maximum atomic E-state index is 12.9. The SMILES string of the molecule is CC/C=C/CCCCCCCCCCCCCCOC(=O)c1ccc(S(=O)(=O)[O-])cc1C(=O)OCCCCCCCCCCCCCC/C=C/CC.CC/C=C/CCCCCCCCCCCCCCOC(=O)c1ccc(S(=O)(=O)[O-])cc1C(=O)OCCCCCCCCCCCCCC/C=C/CC.[Ca+2]. The molecule has 0 heterocycles. The van der Waals surface area contributed by atoms with Crippen molar-refractivity contribution in [3.05, 3.63) is 107 Å². The average Bonchev–Trinajstić information content (AvgIpc) is 0.816. The summed E-state index contributed by atoms with van der Waals surface area (Å²) in [5, 5.41) is 0. The molecular weight excluding hydrogens is 1390 g/mol. The van der Waals surface area contributed by atoms with Gasteiger partial charge in [-0.2, -0.15) is 0 Å². The minimum Gasteiger partial charge on any atom is -0.744 e. The van der Waals surface area contributed by atoms with Gasteiger partial charge in [0.05, 0.1) is 58.5 Å². The van der Waals surface area contributed by atoms with E-state index in [4.69, 9.17) is 18.9 Å². The Morgan fingerprint density at radius 3 is 0.590 bits per heavy atom. The number of unbranched alkanes of at least 4 members (excludes halogenated alkanes) is 48. The minimum absolute atomic E-state index is 0. The quantitative estimate of drug-likeness (QED) is 0.0150. The number of ether oxygens (including phenoxy) is 4. The van der Waals surface area contributed by atoms with Crippen molar-refractivity contribution < 1.29 is 64.1 Å². The fourth-order valence-electron chi connectivity index (χ4n) is 12.7. The Morgan fingerprint density at radius 2 is 0.419 bits per heavy atom. The maximum Gasteiger partial charge on any atom is 2.00 e. The number of esters is 4. The third-order valence-electron chi connectivity index (χ3n) is 19.0. The number of allylic oxidation sites excluding steroid dienone is 8. The predicted molar refractivity (Wildman–Crippen MR) is 434 cm³/mol. The van der Waals surface area contributed by atoms with E-state index in [1.807, 2.05) is 0 Å². The summed E-state index contributed by atoms with van der Waals surface area (Å²) in [4.78, 5) is 50.4. The van der Waals surface area contributed by atoms with E-state index in [-0.39, 0.29) is 86.4 Å². The van der Waals surface area contributed by atoms with Gasteiger partial charge in [0.2, 0.25) is 0 Å². The minimum atomic E-state index is -4.81. The fourth-order valence-corrected chi connectivity index (χ4v) is 13.7. The molecule has 0 aromatic heterocycles. The Hall–Kier alpha value is -3.64. The Labute approximate surface area is 671 Å². The third kappa shape index (κ3) is 60.8. The van der Waals surface area contributed by atoms with Gasteiger partial charge in [0.25, 0.3) is 0 Å². The summed E-state index contributed by atoms with van der Waals surface area (Å²) in [6.07, 6.45) is 84.4. The van der Waals surface area contributed by atoms with Crippen LogP contribution in [0.1, 0.15) is 429 Å². The standard InChI is InChI=1S/2C44H74O7S.Ca/c2*1-3-5-7-9-11-13-15-17-19-21-23-25-27-29-31-33-37-50-43(45)41-36-35-40(52(47,48)49)39-42(41)44(46)51-38-34-32-30-28-26-24-22-20-18-16-14-12-10-8-6-4-2;/h2*5-8,35-36,39H,3-4,9-34,37-38H2,1-2H3,(H,47,48,49);/q;;+2/p-2/b2*7-5+,8-6+;. The van der Waals surface area contributed by atoms with Crippen LogP contribution >= 0.6 is 0 Å². The zero-order valence-corrected chi connectivity index (χ0v) is 70.6. The van der Waals surface area contributed by atoms with Crippen molar-refractivity contribution in [3.63, 3.8) is 0 Å². The Bertz CT molecular complexity index is 2610. The molecule has 14 nitrogen and oxygen atoms in total. The molecule has 17 heteroatoms. The van der Waals surface area contributed by atoms with Crippen LogP contribution in [0.25, 0.3) is 0 Å². The second-order valence-corrected chi connectivity index (χ2v) is 31.3. The zero-order valence-electron chi connectivity index (χ0n) is 66.7. The number of carbonyl (C=O) groups is 4. The summed E-state index contributed by atoms with van der Waals surface area (Å²) in [5.74, 6) is -3.09. The fraction of sp³-hybridized carbons (Fsp3) is 0.727. The molecule has 105 heavy (non-hydrogen) atoms. The first-order valence-electron chi connectivity index (χ1n) is 42.1. The molecule has 0 aliphatic carbocycles. The molecule has 0 spiro atoms. The number of rotatable bonds is 70. The molecular formula is C88H146CaO14S2. The summed E-state index contributed by atoms with van der Waals surface area (Å²) >= 11 is 0. The van der Waals surface area contributed by atoms with Crippen LogP contribution in [-0.2, 0) is 39.2 Å². The molecule has 0 atom stereocenters. The first kappa shape index (κ1) is 101. The topological polar surface area (TPSA) is 220 Å². The van der Waals surface area contributed by atoms with Gasteiger partial charge in [-0.15, -0.1) is 0 Å². The maximum absolute atomic E-state index is 12.9. The van der Waals surface area contributed by atoms with Gasteiger partial charge < -0.3 is 28.1 Å². The van der Waals surface area contributed by atoms with Gasteiger partial charge in [-0.3, -0.25) is 0 Å². The van der Waals surface area contributed by atoms with E-state index in [9.17, 15) is 45.1 Å². The molecule has 0 saturated heterocycles. The molecule has 0 radical (unpaired) electrons. The Kier molecular flexibility index (Phi) is 70.6. The average molecular weight is 1530 g/mol. The molecule has 0 N–H and O–H groups in total. The van der Waals surface area contributed by atoms with Crippen LogP contribution in [0.5, 0.6) is 0 Å². The van der Waals surface area contributed by atoms with Gasteiger partial charge in [-0.05, 0) is 139 Å². The van der Waals surface area contributed by atoms with Gasteiger partial charge in [0, 0.05) is 0 Å². The second-order valence-electron chi connectivity index (χ2n) is 28.5. The van der Waals surface area contributed by atoms with Gasteiger partial charge in [-0.1, -0.05) is 333 Å². The third-order valence-corrected chi connectivity index (χ3v) is 20.7. The van der Waals surface area contributed by atoms with E-state index in [2.05, 4.69) is 76.3 Å². The van der Waals surface area contributed by atoms with Gasteiger partial charge >= 0.3 is 61.6 Å². The Balaban J connectivity index is 0.00000204. The van der Waals surface area contributed by atoms with E-state index in [1.54, 1.807) is 0 Å². The van der Waals surface area contributed by atoms with Crippen molar-refractivity contribution in [2.45, 2.75) is 397 Å². The molecule has 2 aromatic rings. The van der Waals surface area contributed by atoms with Crippen LogP contribution in [-0.4, -0.2) is 114 Å². The Morgan fingerprint density at radius 1 is 0.257 bits per heavy atom. The summed E-state index contributed by atoms with van der Waals surface area (Å²) in [6.45, 7) is 9.42. The van der Waals surface area contributed by atoms with Gasteiger partial charge in [-0.25, -0.2) is 36.0 Å². The van der Waals surface area contributed by atoms with Crippen molar-refractivity contribution in [1.29, 1.82) is 0 Å². The molecule has 596 valence electrons. The second kappa shape index (κ2) is 73.2. The van der Waals surface area contributed by atoms with E-state index in [1.165, 1.54) is 243 Å². The number of hydrogen-bond donors (Lipinski definition) is 0. The predicted octanol–water partition coefficient (Wildman–Crippen LogP) is 25.6. The van der Waals surface area contributed by atoms with E-state index < -0.39 is 53.9 Å². The smallest absolute Gasteiger partial charge is 0.744 e. The van der Waals surface area contributed by atoms with Crippen LogP contribution < -0.4 is 0 Å². The van der Waals surface area contributed by atoms with Crippen LogP contribution in [0.15, 0.2) is 94.8 Å². The van der Waals surface area contributed by atoms with Crippen molar-refractivity contribution in [2.75, 3.05) is 26.4 Å². The summed E-state index contributed by atoms with van der Waals surface area (Å²) in [5.41, 5.74) is -0.677. The molecule has 0 unspecified atom stereocenters. The molecule has 0 aliphatic rings. The van der Waals surface area contributed by atoms with Gasteiger partial charge in [0.15, 0.2) is 0 Å². The van der Waals surface area contributed by atoms with Crippen LogP contribution in [0.2, 0.25) is 0 Å². The van der Waals surface area contributed by atoms with Crippen molar-refractivity contribution >= 4 is 81.9 Å². The number of hydrogen-bond acceptors (Lipinski definition) is 14. The molecule has 2 rings (SSSR count). The monoisotopic (exact) mass is 1530 g/mol. The van der Waals surface area contributed by atoms with Gasteiger partial charge in [0.1, 0.15) is 20.2 Å². The van der Waals surface area contributed by atoms with Crippen LogP contribution in [0.4, 0.5) is 0 Å². The molecule has 0 amide bonds. The molecule has 2 aromatic carbocycles. The normalized spacial score (nSPS) is 11.8. The van der Waals surface area contributed by atoms with Crippen molar-refractivity contribution in [2.24, 2.45) is 0 Å². The van der Waals surface area contributed by atoms with Crippen LogP contribution in [0, 0.1) is 0 Å². The summed E-state index contributed by atoms with van der Waals surface area (Å²) in [6, 6.07) is 6.27. The van der Waals surface area contributed by atoms with Crippen LogP contribution in [0.3, 0.4) is 0 Å². The number of carbonyl (C=O) groups excluding carboxylic acids is 4. The molecule has 0 saturated carbocycles. The zero-order chi connectivity index (χ0) is 75.9. The van der Waals surface area contributed by atoms with E-state index in [0.29, 0.717) is 25.7 Å².